The van der Waals surface area contributed by atoms with Crippen molar-refractivity contribution in [2.45, 2.75) is 20.3 Å². The Hall–Kier alpha value is -0.835. The van der Waals surface area contributed by atoms with Gasteiger partial charge in [0.15, 0.2) is 0 Å². The Bertz CT molecular complexity index is 267. The van der Waals surface area contributed by atoms with Crippen molar-refractivity contribution < 1.29 is 10.0 Å². The second kappa shape index (κ2) is 8.47. The van der Waals surface area contributed by atoms with Gasteiger partial charge in [-0.3, -0.25) is 0 Å². The molecule has 0 aromatic heterocycles. The molecular weight excluding hydrogens is 189 g/mol. The van der Waals surface area contributed by atoms with Gasteiger partial charge in [-0.1, -0.05) is 38.1 Å². The molecule has 1 aromatic rings. The van der Waals surface area contributed by atoms with Crippen molar-refractivity contribution in [3.05, 3.63) is 29.8 Å². The van der Waals surface area contributed by atoms with Gasteiger partial charge in [-0.2, -0.15) is 0 Å². The van der Waals surface area contributed by atoms with Gasteiger partial charge < -0.3 is 15.4 Å². The fraction of sp³-hybridized carbons (Fsp3) is 0.455. The quantitative estimate of drug-likeness (QED) is 0.619. The first-order valence-electron chi connectivity index (χ1n) is 5.34. The predicted octanol–water partition coefficient (Wildman–Crippen LogP) is 0.154. The van der Waals surface area contributed by atoms with Gasteiger partial charge >= 0.3 is 7.12 Å². The molecule has 0 unspecified atom stereocenters. The van der Waals surface area contributed by atoms with Crippen LogP contribution in [0.3, 0.4) is 0 Å². The van der Waals surface area contributed by atoms with Crippen molar-refractivity contribution in [1.82, 2.24) is 5.32 Å². The Morgan fingerprint density at radius 1 is 1.20 bits per heavy atom. The van der Waals surface area contributed by atoms with Crippen LogP contribution in [0.25, 0.3) is 0 Å². The molecule has 84 valence electrons. The van der Waals surface area contributed by atoms with E-state index in [1.807, 2.05) is 33.0 Å². The Morgan fingerprint density at radius 2 is 1.80 bits per heavy atom. The lowest BCUT2D eigenvalue weighted by molar-refractivity contribution is 0.425. The molecule has 3 N–H and O–H groups in total. The minimum absolute atomic E-state index is 0.595. The Kier molecular flexibility index (Phi) is 8.00. The van der Waals surface area contributed by atoms with E-state index in [9.17, 15) is 0 Å². The SMILES string of the molecule is CC.CNCCc1ccccc1B(O)O. The van der Waals surface area contributed by atoms with Gasteiger partial charge in [-0.05, 0) is 31.0 Å². The first-order valence-corrected chi connectivity index (χ1v) is 5.34. The van der Waals surface area contributed by atoms with Gasteiger partial charge in [0.25, 0.3) is 0 Å². The van der Waals surface area contributed by atoms with Crippen LogP contribution in [0.2, 0.25) is 0 Å². The van der Waals surface area contributed by atoms with Gasteiger partial charge in [-0.15, -0.1) is 0 Å². The van der Waals surface area contributed by atoms with Crippen LogP contribution in [0, 0.1) is 0 Å². The van der Waals surface area contributed by atoms with E-state index in [4.69, 9.17) is 10.0 Å². The molecule has 0 aliphatic heterocycles. The van der Waals surface area contributed by atoms with Crippen LogP contribution in [0.1, 0.15) is 19.4 Å². The summed E-state index contributed by atoms with van der Waals surface area (Å²) in [5, 5.41) is 21.1. The van der Waals surface area contributed by atoms with Crippen molar-refractivity contribution in [2.75, 3.05) is 13.6 Å². The second-order valence-corrected chi connectivity index (χ2v) is 2.93. The summed E-state index contributed by atoms with van der Waals surface area (Å²) >= 11 is 0. The summed E-state index contributed by atoms with van der Waals surface area (Å²) in [6.07, 6.45) is 0.810. The van der Waals surface area contributed by atoms with Crippen molar-refractivity contribution in [3.8, 4) is 0 Å². The molecule has 0 saturated heterocycles. The molecule has 0 fully saturated rings. The number of hydrogen-bond donors (Lipinski definition) is 3. The molecule has 0 bridgehead atoms. The minimum atomic E-state index is -1.37. The summed E-state index contributed by atoms with van der Waals surface area (Å²) in [5.74, 6) is 0. The van der Waals surface area contributed by atoms with E-state index in [-0.39, 0.29) is 0 Å². The van der Waals surface area contributed by atoms with E-state index in [0.29, 0.717) is 5.46 Å². The Balaban J connectivity index is 0.000000921. The molecule has 1 rings (SSSR count). The molecule has 0 atom stereocenters. The molecule has 0 amide bonds. The summed E-state index contributed by atoms with van der Waals surface area (Å²) < 4.78 is 0. The summed E-state index contributed by atoms with van der Waals surface area (Å²) in [6.45, 7) is 4.84. The number of rotatable bonds is 4. The number of likely N-dealkylation sites (N-methyl/N-ethyl adjacent to an activating group) is 1. The standard InChI is InChI=1S/C9H14BNO2.C2H6/c1-11-7-6-8-4-2-3-5-9(8)10(12)13;1-2/h2-5,11-13H,6-7H2,1H3;1-2H3. The average molecular weight is 209 g/mol. The molecule has 0 radical (unpaired) electrons. The largest absolute Gasteiger partial charge is 0.488 e. The lowest BCUT2D eigenvalue weighted by Crippen LogP contribution is -2.33. The van der Waals surface area contributed by atoms with Crippen LogP contribution < -0.4 is 10.8 Å². The van der Waals surface area contributed by atoms with Crippen LogP contribution in [0.4, 0.5) is 0 Å². The topological polar surface area (TPSA) is 52.5 Å². The van der Waals surface area contributed by atoms with E-state index in [2.05, 4.69) is 5.32 Å². The highest BCUT2D eigenvalue weighted by Gasteiger charge is 2.14. The van der Waals surface area contributed by atoms with Gasteiger partial charge in [0.2, 0.25) is 0 Å². The highest BCUT2D eigenvalue weighted by molar-refractivity contribution is 6.59. The Morgan fingerprint density at radius 3 is 2.33 bits per heavy atom. The van der Waals surface area contributed by atoms with Gasteiger partial charge in [-0.25, -0.2) is 0 Å². The smallest absolute Gasteiger partial charge is 0.423 e. The molecule has 0 aliphatic rings. The van der Waals surface area contributed by atoms with Gasteiger partial charge in [0, 0.05) is 0 Å². The zero-order chi connectivity index (χ0) is 11.7. The summed E-state index contributed by atoms with van der Waals surface area (Å²) in [5.41, 5.74) is 1.57. The monoisotopic (exact) mass is 209 g/mol. The summed E-state index contributed by atoms with van der Waals surface area (Å²) in [7, 11) is 0.505. The zero-order valence-electron chi connectivity index (χ0n) is 9.70. The normalized spacial score (nSPS) is 9.13. The molecule has 0 saturated carbocycles. The Labute approximate surface area is 92.3 Å². The molecule has 0 heterocycles. The maximum Gasteiger partial charge on any atom is 0.488 e. The zero-order valence-corrected chi connectivity index (χ0v) is 9.70. The van der Waals surface area contributed by atoms with Gasteiger partial charge in [0.05, 0.1) is 0 Å². The lowest BCUT2D eigenvalue weighted by Gasteiger charge is -2.07. The van der Waals surface area contributed by atoms with Crippen LogP contribution in [0.5, 0.6) is 0 Å². The fourth-order valence-electron chi connectivity index (χ4n) is 1.27. The molecule has 0 spiro atoms. The maximum atomic E-state index is 9.04. The van der Waals surface area contributed by atoms with E-state index < -0.39 is 7.12 Å². The fourth-order valence-corrected chi connectivity index (χ4v) is 1.27. The van der Waals surface area contributed by atoms with Crippen LogP contribution in [-0.4, -0.2) is 30.8 Å². The third-order valence-corrected chi connectivity index (χ3v) is 1.98. The molecular formula is C11H20BNO2. The van der Waals surface area contributed by atoms with E-state index >= 15 is 0 Å². The molecule has 1 aromatic carbocycles. The van der Waals surface area contributed by atoms with Crippen molar-refractivity contribution in [1.29, 1.82) is 0 Å². The predicted molar refractivity (Wildman–Crippen MR) is 65.2 cm³/mol. The first kappa shape index (κ1) is 14.2. The van der Waals surface area contributed by atoms with Crippen LogP contribution in [-0.2, 0) is 6.42 Å². The van der Waals surface area contributed by atoms with Crippen molar-refractivity contribution >= 4 is 12.6 Å². The third-order valence-electron chi connectivity index (χ3n) is 1.98. The van der Waals surface area contributed by atoms with Crippen molar-refractivity contribution in [3.63, 3.8) is 0 Å². The minimum Gasteiger partial charge on any atom is -0.423 e. The highest BCUT2D eigenvalue weighted by atomic mass is 16.4. The molecule has 4 heteroatoms. The lowest BCUT2D eigenvalue weighted by atomic mass is 9.76. The van der Waals surface area contributed by atoms with Crippen molar-refractivity contribution in [2.24, 2.45) is 0 Å². The number of nitrogens with one attached hydrogen (secondary N) is 1. The van der Waals surface area contributed by atoms with E-state index in [0.717, 1.165) is 18.5 Å². The average Bonchev–Trinajstić information content (AvgIpc) is 2.29. The van der Waals surface area contributed by atoms with Gasteiger partial charge in [0.1, 0.15) is 0 Å². The molecule has 3 nitrogen and oxygen atoms in total. The van der Waals surface area contributed by atoms with E-state index in [1.165, 1.54) is 0 Å². The van der Waals surface area contributed by atoms with E-state index in [1.54, 1.807) is 12.1 Å². The number of benzene rings is 1. The first-order chi connectivity index (χ1) is 7.25. The second-order valence-electron chi connectivity index (χ2n) is 2.93. The summed E-state index contributed by atoms with van der Waals surface area (Å²) in [4.78, 5) is 0. The summed E-state index contributed by atoms with van der Waals surface area (Å²) in [6, 6.07) is 7.34. The maximum absolute atomic E-state index is 9.04. The molecule has 0 aliphatic carbocycles. The highest BCUT2D eigenvalue weighted by Crippen LogP contribution is 1.97. The third kappa shape index (κ3) is 4.97. The van der Waals surface area contributed by atoms with Crippen LogP contribution >= 0.6 is 0 Å². The van der Waals surface area contributed by atoms with Crippen LogP contribution in [0.15, 0.2) is 24.3 Å². The molecule has 15 heavy (non-hydrogen) atoms. The number of hydrogen-bond acceptors (Lipinski definition) is 3.